The van der Waals surface area contributed by atoms with Crippen molar-refractivity contribution in [1.82, 2.24) is 9.24 Å². The molecule has 1 N–H and O–H groups in total. The molecule has 1 rings (SSSR count). The summed E-state index contributed by atoms with van der Waals surface area (Å²) in [5, 5.41) is 12.0. The molecule has 0 bridgehead atoms. The van der Waals surface area contributed by atoms with E-state index in [1.165, 1.54) is 28.9 Å². The molecule has 7 heteroatoms. The molecule has 122 valence electrons. The van der Waals surface area contributed by atoms with E-state index in [0.717, 1.165) is 0 Å². The average Bonchev–Trinajstić information content (AvgIpc) is 2.53. The van der Waals surface area contributed by atoms with Crippen LogP contribution in [0.5, 0.6) is 0 Å². The number of anilines is 1. The molecular formula is C16H20FN4OP. The molecule has 1 heterocycles. The lowest BCUT2D eigenvalue weighted by Crippen LogP contribution is -2.11. The third-order valence-electron chi connectivity index (χ3n) is 2.91. The number of allylic oxidation sites excluding steroid dienone is 1. The maximum Gasteiger partial charge on any atom is 0.221 e. The van der Waals surface area contributed by atoms with Crippen molar-refractivity contribution in [1.29, 1.82) is 5.26 Å². The second-order valence-corrected chi connectivity index (χ2v) is 5.66. The Bertz CT molecular complexity index is 730. The molecule has 0 saturated carbocycles. The molecule has 1 unspecified atom stereocenters. The van der Waals surface area contributed by atoms with Crippen molar-refractivity contribution in [3.8, 4) is 6.07 Å². The Kier molecular flexibility index (Phi) is 6.74. The van der Waals surface area contributed by atoms with E-state index < -0.39 is 11.6 Å². The van der Waals surface area contributed by atoms with Crippen LogP contribution in [0.4, 0.5) is 10.1 Å². The Labute approximate surface area is 138 Å². The highest BCUT2D eigenvalue weighted by atomic mass is 31.0. The average molecular weight is 334 g/mol. The van der Waals surface area contributed by atoms with E-state index in [9.17, 15) is 14.4 Å². The molecule has 23 heavy (non-hydrogen) atoms. The van der Waals surface area contributed by atoms with Crippen LogP contribution in [0.1, 0.15) is 16.1 Å². The van der Waals surface area contributed by atoms with Gasteiger partial charge in [-0.2, -0.15) is 5.26 Å². The fraction of sp³-hybridized carbons (Fsp3) is 0.250. The topological polar surface area (TPSA) is 61.1 Å². The van der Waals surface area contributed by atoms with Crippen LogP contribution in [-0.4, -0.2) is 36.2 Å². The van der Waals surface area contributed by atoms with Crippen molar-refractivity contribution in [2.24, 2.45) is 0 Å². The summed E-state index contributed by atoms with van der Waals surface area (Å²) in [6, 6.07) is 6.28. The predicted octanol–water partition coefficient (Wildman–Crippen LogP) is 2.89. The molecule has 0 spiro atoms. The lowest BCUT2D eigenvalue weighted by molar-refractivity contribution is 0.103. The van der Waals surface area contributed by atoms with E-state index in [-0.39, 0.29) is 11.3 Å². The zero-order chi connectivity index (χ0) is 17.6. The van der Waals surface area contributed by atoms with Crippen LogP contribution in [0.3, 0.4) is 0 Å². The molecule has 0 radical (unpaired) electrons. The summed E-state index contributed by atoms with van der Waals surface area (Å²) < 4.78 is 15.5. The van der Waals surface area contributed by atoms with Gasteiger partial charge < -0.3 is 14.6 Å². The highest BCUT2D eigenvalue weighted by Gasteiger charge is 2.14. The van der Waals surface area contributed by atoms with Gasteiger partial charge in [-0.25, -0.2) is 4.39 Å². The first-order chi connectivity index (χ1) is 10.8. The van der Waals surface area contributed by atoms with Crippen LogP contribution in [-0.2, 0) is 0 Å². The van der Waals surface area contributed by atoms with Crippen molar-refractivity contribution < 1.29 is 9.18 Å². The second-order valence-electron chi connectivity index (χ2n) is 5.10. The Morgan fingerprint density at radius 1 is 1.48 bits per heavy atom. The van der Waals surface area contributed by atoms with Gasteiger partial charge in [-0.05, 0) is 40.1 Å². The molecule has 0 fully saturated rings. The Morgan fingerprint density at radius 2 is 2.13 bits per heavy atom. The number of rotatable bonds is 4. The summed E-state index contributed by atoms with van der Waals surface area (Å²) >= 11 is 0. The smallest absolute Gasteiger partial charge is 0.221 e. The van der Waals surface area contributed by atoms with Crippen LogP contribution in [0.2, 0.25) is 0 Å². The van der Waals surface area contributed by atoms with E-state index in [1.807, 2.05) is 6.07 Å². The largest absolute Gasteiger partial charge is 0.386 e. The van der Waals surface area contributed by atoms with Crippen LogP contribution < -0.4 is 5.32 Å². The normalized spacial score (nSPS) is 10.6. The fourth-order valence-corrected chi connectivity index (χ4v) is 2.12. The Hall–Kier alpha value is -2.38. The van der Waals surface area contributed by atoms with Crippen LogP contribution in [0.25, 0.3) is 0 Å². The maximum absolute atomic E-state index is 14.1. The molecule has 0 aliphatic carbocycles. The molecule has 0 amide bonds. The van der Waals surface area contributed by atoms with Crippen molar-refractivity contribution in [2.75, 3.05) is 26.5 Å². The van der Waals surface area contributed by atoms with Crippen LogP contribution >= 0.6 is 9.39 Å². The van der Waals surface area contributed by atoms with E-state index in [2.05, 4.69) is 14.7 Å². The molecule has 5 nitrogen and oxygen atoms in total. The van der Waals surface area contributed by atoms with Gasteiger partial charge in [0.1, 0.15) is 17.5 Å². The summed E-state index contributed by atoms with van der Waals surface area (Å²) in [6.45, 7) is 1.69. The zero-order valence-electron chi connectivity index (χ0n) is 13.6. The van der Waals surface area contributed by atoms with Crippen LogP contribution in [0, 0.1) is 24.1 Å². The number of halogens is 1. The van der Waals surface area contributed by atoms with Gasteiger partial charge in [0.05, 0.1) is 11.4 Å². The van der Waals surface area contributed by atoms with Crippen molar-refractivity contribution in [3.63, 3.8) is 0 Å². The number of nitriles is 1. The number of carbonyl (C=O) groups is 1. The van der Waals surface area contributed by atoms with E-state index in [1.54, 1.807) is 39.0 Å². The first kappa shape index (κ1) is 18.7. The SMILES string of the molecule is CNc1ccn(P)c(C(=O)/C(C#N)=C/N(C)C)cc(C)cc1F. The number of aromatic nitrogens is 1. The number of hydrogen-bond donors (Lipinski definition) is 1. The van der Waals surface area contributed by atoms with Gasteiger partial charge in [0.2, 0.25) is 5.78 Å². The van der Waals surface area contributed by atoms with E-state index in [0.29, 0.717) is 11.3 Å². The summed E-state index contributed by atoms with van der Waals surface area (Å²) in [5.41, 5.74) is 1.09. The number of nitrogens with zero attached hydrogens (tertiary/aromatic N) is 3. The number of Topliss-reactive ketones (excluding diaryl/α,β-unsaturated/α-hetero) is 1. The number of carbonyl (C=O) groups excluding carboxylic acids is 1. The van der Waals surface area contributed by atoms with Gasteiger partial charge in [0, 0.05) is 33.5 Å². The standard InChI is InChI=1S/C16H20FN4OP/c1-11-7-13(17)14(19-2)5-6-21(23)15(8-11)16(22)12(9-18)10-20(3)4/h5-8,10,19H,23H2,1-4H3/b6-5?,11-7?,12-10+,14-13?,15-8?. The highest BCUT2D eigenvalue weighted by Crippen LogP contribution is 2.16. The molecular weight excluding hydrogens is 314 g/mol. The quantitative estimate of drug-likeness (QED) is 0.398. The third-order valence-corrected chi connectivity index (χ3v) is 3.36. The Balaban J connectivity index is 3.63. The highest BCUT2D eigenvalue weighted by molar-refractivity contribution is 7.14. The molecule has 1 aromatic rings. The third kappa shape index (κ3) is 5.08. The van der Waals surface area contributed by atoms with E-state index >= 15 is 0 Å². The van der Waals surface area contributed by atoms with E-state index in [4.69, 9.17) is 0 Å². The van der Waals surface area contributed by atoms with Crippen molar-refractivity contribution in [2.45, 2.75) is 6.92 Å². The van der Waals surface area contributed by atoms with Gasteiger partial charge in [0.25, 0.3) is 0 Å². The van der Waals surface area contributed by atoms with Gasteiger partial charge in [-0.15, -0.1) is 0 Å². The second kappa shape index (κ2) is 8.30. The minimum Gasteiger partial charge on any atom is -0.386 e. The predicted molar refractivity (Wildman–Crippen MR) is 93.1 cm³/mol. The lowest BCUT2D eigenvalue weighted by atomic mass is 10.1. The van der Waals surface area contributed by atoms with Gasteiger partial charge >= 0.3 is 0 Å². The number of aryl methyl sites for hydroxylation is 1. The lowest BCUT2D eigenvalue weighted by Gasteiger charge is -2.08. The number of nitrogens with one attached hydrogen (secondary N) is 1. The first-order valence-corrected chi connectivity index (χ1v) is 7.34. The Morgan fingerprint density at radius 3 is 2.65 bits per heavy atom. The van der Waals surface area contributed by atoms with Gasteiger partial charge in [-0.3, -0.25) is 4.79 Å². The molecule has 0 aliphatic heterocycles. The first-order valence-electron chi connectivity index (χ1n) is 6.82. The minimum absolute atomic E-state index is 0.00332. The van der Waals surface area contributed by atoms with Crippen LogP contribution in [0.15, 0.2) is 36.2 Å². The summed E-state index contributed by atoms with van der Waals surface area (Å²) in [4.78, 5) is 14.2. The minimum atomic E-state index is -0.443. The summed E-state index contributed by atoms with van der Waals surface area (Å²) in [7, 11) is 7.44. The summed E-state index contributed by atoms with van der Waals surface area (Å²) in [6.07, 6.45) is 2.99. The molecule has 0 aliphatic rings. The zero-order valence-corrected chi connectivity index (χ0v) is 14.7. The molecule has 0 aromatic carbocycles. The van der Waals surface area contributed by atoms with Crippen molar-refractivity contribution in [3.05, 3.63) is 53.2 Å². The van der Waals surface area contributed by atoms with Crippen molar-refractivity contribution >= 4 is 20.9 Å². The van der Waals surface area contributed by atoms with Gasteiger partial charge in [-0.1, -0.05) is 0 Å². The maximum atomic E-state index is 14.1. The number of hydrogen-bond acceptors (Lipinski definition) is 4. The molecule has 0 saturated heterocycles. The fourth-order valence-electron chi connectivity index (χ4n) is 1.84. The molecule has 1 aromatic heterocycles. The summed E-state index contributed by atoms with van der Waals surface area (Å²) in [5.74, 6) is -0.879. The number of ketones is 1. The monoisotopic (exact) mass is 334 g/mol. The molecule has 1 atom stereocenters. The van der Waals surface area contributed by atoms with Gasteiger partial charge in [0.15, 0.2) is 0 Å².